The molecule has 3 aromatic rings. The second kappa shape index (κ2) is 7.17. The van der Waals surface area contributed by atoms with E-state index in [9.17, 15) is 5.11 Å². The fraction of sp³-hybridized carbons (Fsp3) is 0.0526. The molecule has 0 unspecified atom stereocenters. The van der Waals surface area contributed by atoms with Crippen LogP contribution >= 0.6 is 46.1 Å². The van der Waals surface area contributed by atoms with Crippen molar-refractivity contribution in [2.45, 2.75) is 0 Å². The predicted molar refractivity (Wildman–Crippen MR) is 114 cm³/mol. The monoisotopic (exact) mass is 435 g/mol. The first-order valence-electron chi connectivity index (χ1n) is 7.90. The summed E-state index contributed by atoms with van der Waals surface area (Å²) in [7, 11) is 0. The van der Waals surface area contributed by atoms with Gasteiger partial charge in [0.2, 0.25) is 0 Å². The van der Waals surface area contributed by atoms with Gasteiger partial charge in [-0.2, -0.15) is 0 Å². The summed E-state index contributed by atoms with van der Waals surface area (Å²) in [6.45, 7) is 0.143. The molecule has 0 aliphatic carbocycles. The lowest BCUT2D eigenvalue weighted by molar-refractivity contribution is 0.411. The Hall–Kier alpha value is -2.05. The minimum absolute atomic E-state index is 0.0769. The van der Waals surface area contributed by atoms with Gasteiger partial charge in [0.1, 0.15) is 16.6 Å². The summed E-state index contributed by atoms with van der Waals surface area (Å²) in [5, 5.41) is 22.9. The number of nitrogens with zero attached hydrogens (tertiary/aromatic N) is 2. The molecule has 2 N–H and O–H groups in total. The molecule has 0 saturated carbocycles. The number of halogens is 3. The van der Waals surface area contributed by atoms with E-state index in [1.54, 1.807) is 35.2 Å². The third-order valence-corrected chi connectivity index (χ3v) is 6.10. The lowest BCUT2D eigenvalue weighted by Gasteiger charge is -2.20. The average molecular weight is 437 g/mol. The summed E-state index contributed by atoms with van der Waals surface area (Å²) in [6, 6.07) is 12.6. The zero-order chi connectivity index (χ0) is 19.1. The Balaban J connectivity index is 1.67. The van der Waals surface area contributed by atoms with Crippen LogP contribution < -0.4 is 4.90 Å². The average Bonchev–Trinajstić information content (AvgIpc) is 3.23. The second-order valence-electron chi connectivity index (χ2n) is 5.87. The maximum atomic E-state index is 10.5. The number of hydrogen-bond donors (Lipinski definition) is 2. The second-order valence-corrected chi connectivity index (χ2v) is 7.95. The highest BCUT2D eigenvalue weighted by Crippen LogP contribution is 2.39. The van der Waals surface area contributed by atoms with Crippen LogP contribution in [0.2, 0.25) is 15.1 Å². The molecule has 2 aromatic carbocycles. The van der Waals surface area contributed by atoms with E-state index in [2.05, 4.69) is 4.98 Å². The van der Waals surface area contributed by atoms with Gasteiger partial charge in [0.25, 0.3) is 0 Å². The molecule has 8 heteroatoms. The van der Waals surface area contributed by atoms with Crippen molar-refractivity contribution in [1.29, 1.82) is 5.41 Å². The number of aliphatic hydroxyl groups is 1. The highest BCUT2D eigenvalue weighted by atomic mass is 35.5. The largest absolute Gasteiger partial charge is 0.510 e. The Morgan fingerprint density at radius 3 is 2.56 bits per heavy atom. The number of aromatic nitrogens is 1. The van der Waals surface area contributed by atoms with E-state index in [0.717, 1.165) is 11.3 Å². The molecule has 0 atom stereocenters. The van der Waals surface area contributed by atoms with Crippen LogP contribution in [-0.2, 0) is 0 Å². The Morgan fingerprint density at radius 2 is 1.81 bits per heavy atom. The summed E-state index contributed by atoms with van der Waals surface area (Å²) < 4.78 is 0. The molecule has 0 spiro atoms. The molecule has 0 saturated heterocycles. The van der Waals surface area contributed by atoms with Crippen molar-refractivity contribution in [2.24, 2.45) is 0 Å². The van der Waals surface area contributed by atoms with Crippen LogP contribution in [0.4, 0.5) is 5.69 Å². The molecule has 1 aliphatic rings. The fourth-order valence-electron chi connectivity index (χ4n) is 2.85. The van der Waals surface area contributed by atoms with Crippen molar-refractivity contribution < 1.29 is 5.11 Å². The molecule has 2 heterocycles. The molecule has 136 valence electrons. The van der Waals surface area contributed by atoms with E-state index in [0.29, 0.717) is 31.3 Å². The minimum Gasteiger partial charge on any atom is -0.510 e. The number of nitrogens with one attached hydrogen (secondary N) is 1. The van der Waals surface area contributed by atoms with Gasteiger partial charge in [-0.15, -0.1) is 11.3 Å². The lowest BCUT2D eigenvalue weighted by atomic mass is 10.2. The number of hydrogen-bond acceptors (Lipinski definition) is 4. The third-order valence-electron chi connectivity index (χ3n) is 4.18. The van der Waals surface area contributed by atoms with Gasteiger partial charge >= 0.3 is 0 Å². The van der Waals surface area contributed by atoms with E-state index in [1.165, 1.54) is 11.3 Å². The molecule has 0 bridgehead atoms. The van der Waals surface area contributed by atoms with Crippen molar-refractivity contribution in [1.82, 2.24) is 4.98 Å². The van der Waals surface area contributed by atoms with Crippen LogP contribution in [0.25, 0.3) is 16.8 Å². The highest BCUT2D eigenvalue weighted by molar-refractivity contribution is 7.11. The van der Waals surface area contributed by atoms with Gasteiger partial charge in [0.05, 0.1) is 33.5 Å². The summed E-state index contributed by atoms with van der Waals surface area (Å²) in [6.07, 6.45) is 0. The quantitative estimate of drug-likeness (QED) is 0.490. The topological polar surface area (TPSA) is 60.2 Å². The summed E-state index contributed by atoms with van der Waals surface area (Å²) >= 11 is 19.7. The number of benzene rings is 2. The molecule has 4 nitrogen and oxygen atoms in total. The van der Waals surface area contributed by atoms with Crippen LogP contribution in [0.15, 0.2) is 53.6 Å². The van der Waals surface area contributed by atoms with Gasteiger partial charge in [0.15, 0.2) is 0 Å². The van der Waals surface area contributed by atoms with E-state index in [1.807, 2.05) is 17.5 Å². The molecule has 1 aromatic heterocycles. The van der Waals surface area contributed by atoms with Gasteiger partial charge in [0, 0.05) is 16.0 Å². The lowest BCUT2D eigenvalue weighted by Crippen LogP contribution is -2.26. The smallest absolute Gasteiger partial charge is 0.139 e. The number of anilines is 1. The minimum atomic E-state index is 0.0769. The van der Waals surface area contributed by atoms with E-state index in [-0.39, 0.29) is 18.1 Å². The van der Waals surface area contributed by atoms with Crippen LogP contribution in [0.5, 0.6) is 0 Å². The van der Waals surface area contributed by atoms with E-state index in [4.69, 9.17) is 40.2 Å². The van der Waals surface area contributed by atoms with Crippen molar-refractivity contribution >= 4 is 63.2 Å². The molecule has 0 amide bonds. The molecule has 4 rings (SSSR count). The van der Waals surface area contributed by atoms with Crippen molar-refractivity contribution in [3.8, 4) is 11.3 Å². The zero-order valence-corrected chi connectivity index (χ0v) is 16.8. The molecular formula is C19H12Cl3N3OS. The van der Waals surface area contributed by atoms with Crippen LogP contribution in [0.1, 0.15) is 5.01 Å². The van der Waals surface area contributed by atoms with Crippen LogP contribution in [-0.4, -0.2) is 22.5 Å². The molecule has 0 fully saturated rings. The summed E-state index contributed by atoms with van der Waals surface area (Å²) in [5.74, 6) is 0.210. The third kappa shape index (κ3) is 3.32. The normalized spacial score (nSPS) is 14.3. The summed E-state index contributed by atoms with van der Waals surface area (Å²) in [5.41, 5.74) is 2.65. The number of thiazole rings is 1. The molecule has 0 radical (unpaired) electrons. The zero-order valence-electron chi connectivity index (χ0n) is 13.7. The number of rotatable bonds is 3. The fourth-order valence-corrected chi connectivity index (χ4v) is 4.27. The predicted octanol–water partition coefficient (Wildman–Crippen LogP) is 6.54. The van der Waals surface area contributed by atoms with Crippen molar-refractivity contribution in [3.63, 3.8) is 0 Å². The van der Waals surface area contributed by atoms with Gasteiger partial charge in [-0.1, -0.05) is 53.0 Å². The van der Waals surface area contributed by atoms with Gasteiger partial charge in [-0.25, -0.2) is 4.98 Å². The van der Waals surface area contributed by atoms with Crippen LogP contribution in [0, 0.1) is 5.41 Å². The first-order chi connectivity index (χ1) is 13.0. The van der Waals surface area contributed by atoms with Gasteiger partial charge in [-0.05, 0) is 24.3 Å². The number of aliphatic hydroxyl groups excluding tert-OH is 1. The molecule has 27 heavy (non-hydrogen) atoms. The Labute approximate surface area is 174 Å². The van der Waals surface area contributed by atoms with Crippen molar-refractivity contribution in [3.05, 3.63) is 73.7 Å². The Kier molecular flexibility index (Phi) is 4.86. The number of amidine groups is 1. The summed E-state index contributed by atoms with van der Waals surface area (Å²) in [4.78, 5) is 6.21. The SMILES string of the molecule is N=C1C(c2nc(-c3ccc(Cl)cc3)cs2)=C(O)CN1c1cccc(Cl)c1Cl. The standard InChI is InChI=1S/C19H12Cl3N3OS/c20-11-6-4-10(5-7-11)13-9-27-19(24-13)16-15(26)8-25(18(16)23)14-3-1-2-12(21)17(14)22/h1-7,9,23,26H,8H2. The van der Waals surface area contributed by atoms with Crippen molar-refractivity contribution in [2.75, 3.05) is 11.4 Å². The van der Waals surface area contributed by atoms with E-state index >= 15 is 0 Å². The van der Waals surface area contributed by atoms with Crippen LogP contribution in [0.3, 0.4) is 0 Å². The molecular weight excluding hydrogens is 425 g/mol. The van der Waals surface area contributed by atoms with E-state index < -0.39 is 0 Å². The maximum absolute atomic E-state index is 10.5. The van der Waals surface area contributed by atoms with Gasteiger partial charge in [-0.3, -0.25) is 5.41 Å². The first kappa shape index (κ1) is 18.3. The Bertz CT molecular complexity index is 1080. The van der Waals surface area contributed by atoms with Gasteiger partial charge < -0.3 is 10.0 Å². The first-order valence-corrected chi connectivity index (χ1v) is 9.91. The maximum Gasteiger partial charge on any atom is 0.139 e. The Morgan fingerprint density at radius 1 is 1.07 bits per heavy atom. The molecule has 1 aliphatic heterocycles. The highest BCUT2D eigenvalue weighted by Gasteiger charge is 2.32.